The normalized spacial score (nSPS) is 15.9. The number of nitrogens with zero attached hydrogens (tertiary/aromatic N) is 2. The van der Waals surface area contributed by atoms with E-state index in [1.807, 2.05) is 0 Å². The Morgan fingerprint density at radius 1 is 1.14 bits per heavy atom. The van der Waals surface area contributed by atoms with Gasteiger partial charge in [-0.2, -0.15) is 0 Å². The summed E-state index contributed by atoms with van der Waals surface area (Å²) in [6, 6.07) is 6.29. The van der Waals surface area contributed by atoms with Gasteiger partial charge in [0.2, 0.25) is 5.91 Å². The van der Waals surface area contributed by atoms with Crippen molar-refractivity contribution in [3.8, 4) is 0 Å². The van der Waals surface area contributed by atoms with Crippen LogP contribution in [0.15, 0.2) is 24.3 Å². The Labute approximate surface area is 127 Å². The number of hydrogen-bond acceptors (Lipinski definition) is 2. The van der Waals surface area contributed by atoms with Gasteiger partial charge in [0.05, 0.1) is 0 Å². The molecular formula is C16H18FN3O2. The van der Waals surface area contributed by atoms with E-state index in [0.717, 1.165) is 6.42 Å². The molecule has 1 saturated heterocycles. The molecule has 0 atom stereocenters. The highest BCUT2D eigenvalue weighted by atomic mass is 19.1. The van der Waals surface area contributed by atoms with Crippen LogP contribution in [0.5, 0.6) is 0 Å². The molecule has 5 nitrogen and oxygen atoms in total. The first-order valence-corrected chi connectivity index (χ1v) is 7.38. The fourth-order valence-corrected chi connectivity index (χ4v) is 2.84. The molecule has 116 valence electrons. The summed E-state index contributed by atoms with van der Waals surface area (Å²) in [6.07, 6.45) is 0.750. The zero-order valence-electron chi connectivity index (χ0n) is 12.4. The Kier molecular flexibility index (Phi) is 3.83. The smallest absolute Gasteiger partial charge is 0.270 e. The average molecular weight is 303 g/mol. The third kappa shape index (κ3) is 2.68. The number of aromatic amines is 1. The van der Waals surface area contributed by atoms with Crippen LogP contribution in [-0.2, 0) is 4.79 Å². The van der Waals surface area contributed by atoms with E-state index in [1.54, 1.807) is 28.0 Å². The Morgan fingerprint density at radius 2 is 1.86 bits per heavy atom. The zero-order valence-corrected chi connectivity index (χ0v) is 12.4. The van der Waals surface area contributed by atoms with Crippen molar-refractivity contribution in [3.05, 3.63) is 35.8 Å². The summed E-state index contributed by atoms with van der Waals surface area (Å²) in [7, 11) is 0. The number of fused-ring (bicyclic) bond motifs is 1. The summed E-state index contributed by atoms with van der Waals surface area (Å²) >= 11 is 0. The molecule has 2 heterocycles. The van der Waals surface area contributed by atoms with Gasteiger partial charge in [0, 0.05) is 44.0 Å². The molecular weight excluding hydrogens is 285 g/mol. The monoisotopic (exact) mass is 303 g/mol. The van der Waals surface area contributed by atoms with Crippen LogP contribution in [0.4, 0.5) is 4.39 Å². The highest BCUT2D eigenvalue weighted by Crippen LogP contribution is 2.20. The van der Waals surface area contributed by atoms with Crippen LogP contribution in [-0.4, -0.2) is 52.8 Å². The summed E-state index contributed by atoms with van der Waals surface area (Å²) in [5.74, 6) is -0.464. The topological polar surface area (TPSA) is 56.4 Å². The van der Waals surface area contributed by atoms with Crippen LogP contribution < -0.4 is 0 Å². The van der Waals surface area contributed by atoms with Crippen LogP contribution >= 0.6 is 0 Å². The van der Waals surface area contributed by atoms with E-state index in [4.69, 9.17) is 0 Å². The minimum atomic E-state index is -0.341. The van der Waals surface area contributed by atoms with E-state index in [2.05, 4.69) is 4.98 Å². The van der Waals surface area contributed by atoms with Gasteiger partial charge in [0.1, 0.15) is 11.5 Å². The van der Waals surface area contributed by atoms with E-state index in [1.165, 1.54) is 13.0 Å². The van der Waals surface area contributed by atoms with Gasteiger partial charge in [0.15, 0.2) is 0 Å². The van der Waals surface area contributed by atoms with Crippen LogP contribution in [0.3, 0.4) is 0 Å². The SMILES string of the molecule is CC(=O)N1CCCN(C(=O)c2cc3c(F)cccc3[nH]2)CC1. The van der Waals surface area contributed by atoms with Crippen LogP contribution in [0, 0.1) is 5.82 Å². The zero-order chi connectivity index (χ0) is 15.7. The molecule has 0 spiro atoms. The standard InChI is InChI=1S/C16H18FN3O2/c1-11(21)19-6-3-7-20(9-8-19)16(22)15-10-12-13(17)4-2-5-14(12)18-15/h2,4-5,10,18H,3,6-9H2,1H3. The molecule has 1 aromatic heterocycles. The molecule has 0 bridgehead atoms. The highest BCUT2D eigenvalue weighted by Gasteiger charge is 2.22. The first-order valence-electron chi connectivity index (χ1n) is 7.38. The second-order valence-corrected chi connectivity index (χ2v) is 5.54. The van der Waals surface area contributed by atoms with E-state index < -0.39 is 0 Å². The number of amides is 2. The number of benzene rings is 1. The van der Waals surface area contributed by atoms with Crippen molar-refractivity contribution in [1.29, 1.82) is 0 Å². The number of nitrogens with one attached hydrogen (secondary N) is 1. The van der Waals surface area contributed by atoms with Gasteiger partial charge in [-0.25, -0.2) is 4.39 Å². The molecule has 1 aliphatic rings. The molecule has 1 N–H and O–H groups in total. The number of rotatable bonds is 1. The minimum Gasteiger partial charge on any atom is -0.350 e. The number of aromatic nitrogens is 1. The van der Waals surface area contributed by atoms with Crippen molar-refractivity contribution < 1.29 is 14.0 Å². The summed E-state index contributed by atoms with van der Waals surface area (Å²) in [6.45, 7) is 3.84. The first-order chi connectivity index (χ1) is 10.6. The number of halogens is 1. The number of carbonyl (C=O) groups excluding carboxylic acids is 2. The van der Waals surface area contributed by atoms with Gasteiger partial charge < -0.3 is 14.8 Å². The predicted molar refractivity (Wildman–Crippen MR) is 81.0 cm³/mol. The fraction of sp³-hybridized carbons (Fsp3) is 0.375. The molecule has 22 heavy (non-hydrogen) atoms. The third-order valence-corrected chi connectivity index (χ3v) is 4.07. The molecule has 1 aromatic carbocycles. The molecule has 2 amide bonds. The lowest BCUT2D eigenvalue weighted by atomic mass is 10.2. The van der Waals surface area contributed by atoms with Crippen molar-refractivity contribution in [3.63, 3.8) is 0 Å². The predicted octanol–water partition coefficient (Wildman–Crippen LogP) is 2.00. The maximum atomic E-state index is 13.7. The average Bonchev–Trinajstić information content (AvgIpc) is 2.77. The highest BCUT2D eigenvalue weighted by molar-refractivity contribution is 5.98. The lowest BCUT2D eigenvalue weighted by molar-refractivity contribution is -0.128. The van der Waals surface area contributed by atoms with Gasteiger partial charge >= 0.3 is 0 Å². The lowest BCUT2D eigenvalue weighted by Crippen LogP contribution is -2.36. The number of carbonyl (C=O) groups is 2. The van der Waals surface area contributed by atoms with Crippen molar-refractivity contribution in [2.45, 2.75) is 13.3 Å². The van der Waals surface area contributed by atoms with Gasteiger partial charge in [-0.1, -0.05) is 6.07 Å². The summed E-state index contributed by atoms with van der Waals surface area (Å²) in [5.41, 5.74) is 1.000. The maximum Gasteiger partial charge on any atom is 0.270 e. The van der Waals surface area contributed by atoms with Gasteiger partial charge in [0.25, 0.3) is 5.91 Å². The molecule has 6 heteroatoms. The summed E-state index contributed by atoms with van der Waals surface area (Å²) < 4.78 is 13.7. The molecule has 0 saturated carbocycles. The second kappa shape index (κ2) is 5.79. The van der Waals surface area contributed by atoms with Crippen LogP contribution in [0.2, 0.25) is 0 Å². The lowest BCUT2D eigenvalue weighted by Gasteiger charge is -2.20. The largest absolute Gasteiger partial charge is 0.350 e. The van der Waals surface area contributed by atoms with E-state index >= 15 is 0 Å². The number of hydrogen-bond donors (Lipinski definition) is 1. The molecule has 1 fully saturated rings. The fourth-order valence-electron chi connectivity index (χ4n) is 2.84. The quantitative estimate of drug-likeness (QED) is 0.876. The number of H-pyrrole nitrogens is 1. The van der Waals surface area contributed by atoms with Crippen molar-refractivity contribution in [2.75, 3.05) is 26.2 Å². The first kappa shape index (κ1) is 14.6. The molecule has 3 rings (SSSR count). The van der Waals surface area contributed by atoms with Crippen molar-refractivity contribution >= 4 is 22.7 Å². The molecule has 2 aromatic rings. The van der Waals surface area contributed by atoms with E-state index in [0.29, 0.717) is 42.8 Å². The van der Waals surface area contributed by atoms with Gasteiger partial charge in [-0.15, -0.1) is 0 Å². The minimum absolute atomic E-state index is 0.0296. The van der Waals surface area contributed by atoms with Crippen molar-refractivity contribution in [1.82, 2.24) is 14.8 Å². The third-order valence-electron chi connectivity index (χ3n) is 4.07. The Morgan fingerprint density at radius 3 is 2.59 bits per heavy atom. The van der Waals surface area contributed by atoms with E-state index in [9.17, 15) is 14.0 Å². The molecule has 0 unspecified atom stereocenters. The maximum absolute atomic E-state index is 13.7. The molecule has 1 aliphatic heterocycles. The van der Waals surface area contributed by atoms with Crippen molar-refractivity contribution in [2.24, 2.45) is 0 Å². The summed E-state index contributed by atoms with van der Waals surface area (Å²) in [5, 5.41) is 0.422. The Hall–Kier alpha value is -2.37. The Balaban J connectivity index is 1.80. The summed E-state index contributed by atoms with van der Waals surface area (Å²) in [4.78, 5) is 30.4. The second-order valence-electron chi connectivity index (χ2n) is 5.54. The Bertz CT molecular complexity index is 725. The van der Waals surface area contributed by atoms with Crippen LogP contribution in [0.25, 0.3) is 10.9 Å². The van der Waals surface area contributed by atoms with Gasteiger partial charge in [-0.05, 0) is 24.6 Å². The van der Waals surface area contributed by atoms with Gasteiger partial charge in [-0.3, -0.25) is 9.59 Å². The van der Waals surface area contributed by atoms with Crippen LogP contribution in [0.1, 0.15) is 23.8 Å². The molecule has 0 radical (unpaired) electrons. The molecule has 0 aliphatic carbocycles. The van der Waals surface area contributed by atoms with E-state index in [-0.39, 0.29) is 17.6 Å².